The fourth-order valence-electron chi connectivity index (χ4n) is 5.55. The molecule has 0 spiro atoms. The zero-order valence-corrected chi connectivity index (χ0v) is 14.3. The van der Waals surface area contributed by atoms with Gasteiger partial charge < -0.3 is 4.74 Å². The van der Waals surface area contributed by atoms with Crippen LogP contribution in [0.25, 0.3) is 0 Å². The average Bonchev–Trinajstić information content (AvgIpc) is 2.51. The molecule has 6 heteroatoms. The number of benzene rings is 1. The molecule has 0 heterocycles. The van der Waals surface area contributed by atoms with Crippen molar-refractivity contribution in [2.24, 2.45) is 23.2 Å². The molecule has 0 unspecified atom stereocenters. The summed E-state index contributed by atoms with van der Waals surface area (Å²) >= 11 is 0. The Kier molecular flexibility index (Phi) is 3.73. The minimum Gasteiger partial charge on any atom is -0.462 e. The lowest BCUT2D eigenvalue weighted by atomic mass is 9.50. The van der Waals surface area contributed by atoms with Crippen LogP contribution in [0.1, 0.15) is 48.9 Å². The van der Waals surface area contributed by atoms with Crippen LogP contribution >= 0.6 is 0 Å². The van der Waals surface area contributed by atoms with Crippen molar-refractivity contribution in [3.05, 3.63) is 29.8 Å². The third kappa shape index (κ3) is 2.97. The summed E-state index contributed by atoms with van der Waals surface area (Å²) in [6.45, 7) is 0.422. The molecule has 0 amide bonds. The molecule has 1 aromatic rings. The largest absolute Gasteiger partial charge is 0.462 e. The second-order valence-electron chi connectivity index (χ2n) is 8.00. The Morgan fingerprint density at radius 1 is 1.12 bits per heavy atom. The molecule has 24 heavy (non-hydrogen) atoms. The number of carbonyl (C=O) groups is 1. The molecule has 0 aliphatic heterocycles. The van der Waals surface area contributed by atoms with E-state index >= 15 is 0 Å². The molecular formula is C18H22O5S. The maximum Gasteiger partial charge on any atom is 0.338 e. The van der Waals surface area contributed by atoms with Crippen LogP contribution in [0.3, 0.4) is 0 Å². The molecule has 130 valence electrons. The Labute approximate surface area is 142 Å². The van der Waals surface area contributed by atoms with Gasteiger partial charge in [0.05, 0.1) is 17.1 Å². The monoisotopic (exact) mass is 350 g/mol. The quantitative estimate of drug-likeness (QED) is 0.665. The highest BCUT2D eigenvalue weighted by molar-refractivity contribution is 7.85. The van der Waals surface area contributed by atoms with Crippen molar-refractivity contribution >= 4 is 16.1 Å². The highest BCUT2D eigenvalue weighted by Gasteiger charge is 2.51. The molecule has 5 rings (SSSR count). The van der Waals surface area contributed by atoms with E-state index in [0.29, 0.717) is 6.61 Å². The van der Waals surface area contributed by atoms with Crippen LogP contribution in [0.15, 0.2) is 29.2 Å². The summed E-state index contributed by atoms with van der Waals surface area (Å²) in [5.74, 6) is 1.85. The standard InChI is InChI=1S/C18H22O5S/c19-17(15-2-1-3-16(7-15)24(20,21)22)23-11-18-8-12-4-13(9-18)6-14(5-12)10-18/h1-3,7,12-14H,4-6,8-11H2,(H,20,21,22). The van der Waals surface area contributed by atoms with Crippen molar-refractivity contribution in [2.45, 2.75) is 43.4 Å². The van der Waals surface area contributed by atoms with E-state index in [1.165, 1.54) is 37.5 Å². The third-order valence-corrected chi connectivity index (χ3v) is 6.89. The number of ether oxygens (including phenoxy) is 1. The molecule has 4 bridgehead atoms. The molecule has 0 atom stereocenters. The lowest BCUT2D eigenvalue weighted by Gasteiger charge is -2.56. The fourth-order valence-corrected chi connectivity index (χ4v) is 6.08. The van der Waals surface area contributed by atoms with Gasteiger partial charge in [0.15, 0.2) is 0 Å². The van der Waals surface area contributed by atoms with Crippen molar-refractivity contribution < 1.29 is 22.5 Å². The van der Waals surface area contributed by atoms with Gasteiger partial charge in [-0.3, -0.25) is 4.55 Å². The summed E-state index contributed by atoms with van der Waals surface area (Å²) in [7, 11) is -4.32. The van der Waals surface area contributed by atoms with Crippen molar-refractivity contribution in [1.29, 1.82) is 0 Å². The lowest BCUT2D eigenvalue weighted by Crippen LogP contribution is -2.48. The topological polar surface area (TPSA) is 80.7 Å². The van der Waals surface area contributed by atoms with Crippen LogP contribution in [-0.4, -0.2) is 25.5 Å². The lowest BCUT2D eigenvalue weighted by molar-refractivity contribution is -0.0848. The van der Waals surface area contributed by atoms with E-state index in [-0.39, 0.29) is 15.9 Å². The molecule has 4 fully saturated rings. The summed E-state index contributed by atoms with van der Waals surface area (Å²) in [6.07, 6.45) is 7.46. The summed E-state index contributed by atoms with van der Waals surface area (Å²) in [4.78, 5) is 12.0. The Morgan fingerprint density at radius 3 is 2.25 bits per heavy atom. The second-order valence-corrected chi connectivity index (χ2v) is 9.42. The number of rotatable bonds is 4. The van der Waals surface area contributed by atoms with E-state index in [1.54, 1.807) is 0 Å². The molecule has 1 N–H and O–H groups in total. The number of hydrogen-bond donors (Lipinski definition) is 1. The van der Waals surface area contributed by atoms with Crippen molar-refractivity contribution in [1.82, 2.24) is 0 Å². The Morgan fingerprint density at radius 2 is 1.71 bits per heavy atom. The highest BCUT2D eigenvalue weighted by Crippen LogP contribution is 2.60. The first-order chi connectivity index (χ1) is 11.3. The molecule has 4 saturated carbocycles. The van der Waals surface area contributed by atoms with E-state index < -0.39 is 16.1 Å². The van der Waals surface area contributed by atoms with E-state index in [1.807, 2.05) is 0 Å². The highest BCUT2D eigenvalue weighted by atomic mass is 32.2. The van der Waals surface area contributed by atoms with Crippen molar-refractivity contribution in [3.8, 4) is 0 Å². The van der Waals surface area contributed by atoms with Crippen molar-refractivity contribution in [3.63, 3.8) is 0 Å². The Hall–Kier alpha value is -1.40. The number of esters is 1. The molecule has 0 saturated heterocycles. The van der Waals surface area contributed by atoms with Gasteiger partial charge in [-0.05, 0) is 74.5 Å². The van der Waals surface area contributed by atoms with Gasteiger partial charge in [-0.1, -0.05) is 6.07 Å². The molecule has 4 aliphatic rings. The van der Waals surface area contributed by atoms with E-state index in [0.717, 1.165) is 43.1 Å². The maximum atomic E-state index is 12.3. The second kappa shape index (κ2) is 5.56. The molecule has 0 aromatic heterocycles. The predicted octanol–water partition coefficient (Wildman–Crippen LogP) is 3.31. The van der Waals surface area contributed by atoms with Gasteiger partial charge in [-0.25, -0.2) is 4.79 Å². The van der Waals surface area contributed by atoms with Gasteiger partial charge in [0, 0.05) is 5.41 Å². The minimum atomic E-state index is -4.32. The van der Waals surface area contributed by atoms with Gasteiger partial charge in [-0.15, -0.1) is 0 Å². The van der Waals surface area contributed by atoms with Gasteiger partial charge >= 0.3 is 5.97 Å². The maximum absolute atomic E-state index is 12.3. The van der Waals surface area contributed by atoms with Crippen LogP contribution in [-0.2, 0) is 14.9 Å². The Balaban J connectivity index is 1.46. The first-order valence-corrected chi connectivity index (χ1v) is 10.0. The summed E-state index contributed by atoms with van der Waals surface area (Å²) in [5, 5.41) is 0. The van der Waals surface area contributed by atoms with Crippen molar-refractivity contribution in [2.75, 3.05) is 6.61 Å². The van der Waals surface area contributed by atoms with Crippen LogP contribution < -0.4 is 0 Å². The molecule has 4 aliphatic carbocycles. The molecule has 0 radical (unpaired) electrons. The van der Waals surface area contributed by atoms with Crippen LogP contribution in [0.4, 0.5) is 0 Å². The Bertz CT molecular complexity index is 732. The average molecular weight is 350 g/mol. The smallest absolute Gasteiger partial charge is 0.338 e. The third-order valence-electron chi connectivity index (χ3n) is 6.04. The van der Waals surface area contributed by atoms with Crippen LogP contribution in [0.5, 0.6) is 0 Å². The van der Waals surface area contributed by atoms with E-state index in [4.69, 9.17) is 9.29 Å². The predicted molar refractivity (Wildman–Crippen MR) is 87.1 cm³/mol. The molecule has 1 aromatic carbocycles. The zero-order valence-electron chi connectivity index (χ0n) is 13.5. The first kappa shape index (κ1) is 16.1. The van der Waals surface area contributed by atoms with E-state index in [2.05, 4.69) is 0 Å². The zero-order chi connectivity index (χ0) is 16.9. The van der Waals surface area contributed by atoms with Crippen LogP contribution in [0, 0.1) is 23.2 Å². The van der Waals surface area contributed by atoms with Crippen LogP contribution in [0.2, 0.25) is 0 Å². The van der Waals surface area contributed by atoms with Gasteiger partial charge in [0.25, 0.3) is 10.1 Å². The van der Waals surface area contributed by atoms with E-state index in [9.17, 15) is 13.2 Å². The fraction of sp³-hybridized carbons (Fsp3) is 0.611. The number of carbonyl (C=O) groups excluding carboxylic acids is 1. The molecule has 5 nitrogen and oxygen atoms in total. The minimum absolute atomic E-state index is 0.130. The normalized spacial score (nSPS) is 34.3. The summed E-state index contributed by atoms with van der Waals surface area (Å²) in [6, 6.07) is 5.36. The van der Waals surface area contributed by atoms with Gasteiger partial charge in [0.2, 0.25) is 0 Å². The summed E-state index contributed by atoms with van der Waals surface area (Å²) < 4.78 is 37.1. The SMILES string of the molecule is O=C(OCC12CC3CC(CC(C3)C1)C2)c1cccc(S(=O)(=O)O)c1. The number of hydrogen-bond acceptors (Lipinski definition) is 4. The summed E-state index contributed by atoms with van der Waals surface area (Å²) in [5.41, 5.74) is 0.292. The first-order valence-electron chi connectivity index (χ1n) is 8.58. The molecular weight excluding hydrogens is 328 g/mol. The van der Waals surface area contributed by atoms with Gasteiger partial charge in [0.1, 0.15) is 0 Å². The van der Waals surface area contributed by atoms with Gasteiger partial charge in [-0.2, -0.15) is 8.42 Å².